The van der Waals surface area contributed by atoms with E-state index in [4.69, 9.17) is 5.73 Å². The van der Waals surface area contributed by atoms with Crippen LogP contribution in [0.5, 0.6) is 0 Å². The molecule has 1 rings (SSSR count). The fraction of sp³-hybridized carbons (Fsp3) is 0.600. The number of amides is 1. The topological polar surface area (TPSA) is 71.2 Å². The van der Waals surface area contributed by atoms with Crippen molar-refractivity contribution in [3.05, 3.63) is 24.0 Å². The Labute approximate surface area is 121 Å². The molecular formula is C15H26N4O. The Bertz CT molecular complexity index is 418. The number of nitrogen functional groups attached to an aromatic ring is 1. The number of hydrogen-bond acceptors (Lipinski definition) is 4. The summed E-state index contributed by atoms with van der Waals surface area (Å²) in [4.78, 5) is 18.4. The molecule has 0 saturated heterocycles. The zero-order chi connectivity index (χ0) is 15.0. The summed E-state index contributed by atoms with van der Waals surface area (Å²) in [5, 5.41) is 2.97. The Balaban J connectivity index is 2.37. The lowest BCUT2D eigenvalue weighted by atomic mass is 10.1. The molecule has 0 saturated carbocycles. The Kier molecular flexibility index (Phi) is 7.01. The van der Waals surface area contributed by atoms with Crippen LogP contribution >= 0.6 is 0 Å². The molecule has 1 amide bonds. The van der Waals surface area contributed by atoms with Crippen molar-refractivity contribution in [1.29, 1.82) is 0 Å². The van der Waals surface area contributed by atoms with Gasteiger partial charge in [0.15, 0.2) is 0 Å². The minimum atomic E-state index is -0.147. The maximum Gasteiger partial charge on any atom is 0.255 e. The highest BCUT2D eigenvalue weighted by atomic mass is 16.1. The van der Waals surface area contributed by atoms with Gasteiger partial charge in [0, 0.05) is 24.1 Å². The predicted octanol–water partition coefficient (Wildman–Crippen LogP) is 1.90. The van der Waals surface area contributed by atoms with Crippen molar-refractivity contribution in [2.75, 3.05) is 25.4 Å². The molecule has 3 N–H and O–H groups in total. The van der Waals surface area contributed by atoms with Gasteiger partial charge in [-0.3, -0.25) is 9.78 Å². The predicted molar refractivity (Wildman–Crippen MR) is 82.6 cm³/mol. The quantitative estimate of drug-likeness (QED) is 0.762. The monoisotopic (exact) mass is 278 g/mol. The van der Waals surface area contributed by atoms with Crippen LogP contribution < -0.4 is 11.1 Å². The summed E-state index contributed by atoms with van der Waals surface area (Å²) in [6, 6.07) is 1.78. The van der Waals surface area contributed by atoms with Gasteiger partial charge < -0.3 is 16.0 Å². The molecule has 1 aromatic rings. The van der Waals surface area contributed by atoms with Crippen LogP contribution in [-0.2, 0) is 0 Å². The summed E-state index contributed by atoms with van der Waals surface area (Å²) in [5.74, 6) is -0.147. The Morgan fingerprint density at radius 2 is 2.15 bits per heavy atom. The normalized spacial score (nSPS) is 12.4. The molecule has 0 spiro atoms. The Hall–Kier alpha value is -1.62. The van der Waals surface area contributed by atoms with Crippen molar-refractivity contribution in [3.63, 3.8) is 0 Å². The molecule has 1 heterocycles. The smallest absolute Gasteiger partial charge is 0.255 e. The van der Waals surface area contributed by atoms with Gasteiger partial charge in [0.1, 0.15) is 0 Å². The maximum absolute atomic E-state index is 12.0. The minimum Gasteiger partial charge on any atom is -0.398 e. The molecule has 0 aliphatic rings. The summed E-state index contributed by atoms with van der Waals surface area (Å²) >= 11 is 0. The van der Waals surface area contributed by atoms with Gasteiger partial charge in [-0.05, 0) is 45.5 Å². The van der Waals surface area contributed by atoms with Gasteiger partial charge in [0.2, 0.25) is 0 Å². The van der Waals surface area contributed by atoms with Gasteiger partial charge in [0.05, 0.1) is 5.56 Å². The van der Waals surface area contributed by atoms with Gasteiger partial charge in [-0.2, -0.15) is 0 Å². The molecule has 0 aliphatic carbocycles. The van der Waals surface area contributed by atoms with E-state index in [0.29, 0.717) is 11.3 Å². The first-order valence-corrected chi connectivity index (χ1v) is 7.31. The van der Waals surface area contributed by atoms with E-state index >= 15 is 0 Å². The van der Waals surface area contributed by atoms with E-state index in [1.165, 1.54) is 6.20 Å². The van der Waals surface area contributed by atoms with Crippen molar-refractivity contribution in [2.24, 2.45) is 0 Å². The average Bonchev–Trinajstić information content (AvgIpc) is 2.44. The minimum absolute atomic E-state index is 0.137. The number of carbonyl (C=O) groups excluding carboxylic acids is 1. The number of rotatable bonds is 8. The number of nitrogens with two attached hydrogens (primary N) is 1. The molecule has 0 fully saturated rings. The van der Waals surface area contributed by atoms with Crippen LogP contribution in [0, 0.1) is 0 Å². The van der Waals surface area contributed by atoms with Gasteiger partial charge in [-0.15, -0.1) is 0 Å². The standard InChI is InChI=1S/C15H26N4O/c1-4-19(5-2)10-6-7-12(3)18-15(20)13-11-17-9-8-14(13)16/h8-9,11-12H,4-7,10H2,1-3H3,(H2,16,17)(H,18,20). The zero-order valence-electron chi connectivity index (χ0n) is 12.7. The Morgan fingerprint density at radius 1 is 1.45 bits per heavy atom. The second kappa shape index (κ2) is 8.53. The number of aromatic nitrogens is 1. The molecule has 5 heteroatoms. The number of pyridine rings is 1. The molecule has 1 unspecified atom stereocenters. The second-order valence-electron chi connectivity index (χ2n) is 5.01. The van der Waals surface area contributed by atoms with Crippen molar-refractivity contribution in [2.45, 2.75) is 39.7 Å². The summed E-state index contributed by atoms with van der Waals surface area (Å²) in [5.41, 5.74) is 6.68. The van der Waals surface area contributed by atoms with Crippen LogP contribution in [0.25, 0.3) is 0 Å². The van der Waals surface area contributed by atoms with Crippen LogP contribution in [0.1, 0.15) is 44.0 Å². The van der Waals surface area contributed by atoms with Gasteiger partial charge in [-0.25, -0.2) is 0 Å². The molecule has 5 nitrogen and oxygen atoms in total. The SMILES string of the molecule is CCN(CC)CCCC(C)NC(=O)c1cnccc1N. The van der Waals surface area contributed by atoms with Crippen molar-refractivity contribution >= 4 is 11.6 Å². The van der Waals surface area contributed by atoms with Crippen LogP contribution in [-0.4, -0.2) is 41.5 Å². The second-order valence-corrected chi connectivity index (χ2v) is 5.01. The summed E-state index contributed by atoms with van der Waals surface area (Å²) in [6.45, 7) is 9.57. The van der Waals surface area contributed by atoms with Crippen molar-refractivity contribution in [3.8, 4) is 0 Å². The van der Waals surface area contributed by atoms with Gasteiger partial charge in [-0.1, -0.05) is 13.8 Å². The third-order valence-corrected chi connectivity index (χ3v) is 3.48. The average molecular weight is 278 g/mol. The van der Waals surface area contributed by atoms with Crippen molar-refractivity contribution in [1.82, 2.24) is 15.2 Å². The molecule has 0 aromatic carbocycles. The first-order valence-electron chi connectivity index (χ1n) is 7.31. The molecule has 20 heavy (non-hydrogen) atoms. The lowest BCUT2D eigenvalue weighted by molar-refractivity contribution is 0.0938. The summed E-state index contributed by atoms with van der Waals surface area (Å²) in [6.07, 6.45) is 5.13. The lowest BCUT2D eigenvalue weighted by Gasteiger charge is -2.20. The van der Waals surface area contributed by atoms with E-state index in [0.717, 1.165) is 32.5 Å². The first kappa shape index (κ1) is 16.4. The number of nitrogens with zero attached hydrogens (tertiary/aromatic N) is 2. The molecule has 112 valence electrons. The van der Waals surface area contributed by atoms with E-state index < -0.39 is 0 Å². The van der Waals surface area contributed by atoms with Crippen LogP contribution in [0.4, 0.5) is 5.69 Å². The van der Waals surface area contributed by atoms with Crippen LogP contribution in [0.2, 0.25) is 0 Å². The van der Waals surface area contributed by atoms with Gasteiger partial charge >= 0.3 is 0 Å². The van der Waals surface area contributed by atoms with E-state index in [9.17, 15) is 4.79 Å². The molecular weight excluding hydrogens is 252 g/mol. The molecule has 0 radical (unpaired) electrons. The van der Waals surface area contributed by atoms with E-state index in [2.05, 4.69) is 29.0 Å². The van der Waals surface area contributed by atoms with Gasteiger partial charge in [0.25, 0.3) is 5.91 Å². The summed E-state index contributed by atoms with van der Waals surface area (Å²) < 4.78 is 0. The largest absolute Gasteiger partial charge is 0.398 e. The van der Waals surface area contributed by atoms with Crippen LogP contribution in [0.3, 0.4) is 0 Å². The Morgan fingerprint density at radius 3 is 2.75 bits per heavy atom. The van der Waals surface area contributed by atoms with E-state index in [-0.39, 0.29) is 11.9 Å². The van der Waals surface area contributed by atoms with Crippen LogP contribution in [0.15, 0.2) is 18.5 Å². The highest BCUT2D eigenvalue weighted by Gasteiger charge is 2.12. The lowest BCUT2D eigenvalue weighted by Crippen LogP contribution is -2.34. The third-order valence-electron chi connectivity index (χ3n) is 3.48. The maximum atomic E-state index is 12.0. The number of anilines is 1. The molecule has 0 aliphatic heterocycles. The third kappa shape index (κ3) is 5.17. The first-order chi connectivity index (χ1) is 9.58. The zero-order valence-corrected chi connectivity index (χ0v) is 12.7. The molecule has 1 atom stereocenters. The van der Waals surface area contributed by atoms with E-state index in [1.807, 2.05) is 6.92 Å². The summed E-state index contributed by atoms with van der Waals surface area (Å²) in [7, 11) is 0. The number of hydrogen-bond donors (Lipinski definition) is 2. The fourth-order valence-electron chi connectivity index (χ4n) is 2.13. The highest BCUT2D eigenvalue weighted by Crippen LogP contribution is 2.09. The highest BCUT2D eigenvalue weighted by molar-refractivity contribution is 5.98. The number of nitrogens with one attached hydrogen (secondary N) is 1. The van der Waals surface area contributed by atoms with Crippen molar-refractivity contribution < 1.29 is 4.79 Å². The van der Waals surface area contributed by atoms with E-state index in [1.54, 1.807) is 12.3 Å². The number of carbonyl (C=O) groups is 1. The molecule has 0 bridgehead atoms. The molecule has 1 aromatic heterocycles. The fourth-order valence-corrected chi connectivity index (χ4v) is 2.13.